The molecular weight excluding hydrogens is 318 g/mol. The predicted molar refractivity (Wildman–Crippen MR) is 93.1 cm³/mol. The van der Waals surface area contributed by atoms with Gasteiger partial charge in [-0.05, 0) is 24.5 Å². The first-order chi connectivity index (χ1) is 12.1. The molecule has 1 aromatic carbocycles. The monoisotopic (exact) mass is 341 g/mol. The molecule has 5 nitrogen and oxygen atoms in total. The molecule has 25 heavy (non-hydrogen) atoms. The molecule has 2 bridgehead atoms. The van der Waals surface area contributed by atoms with E-state index in [0.717, 1.165) is 24.1 Å². The minimum atomic E-state index is -0.696. The van der Waals surface area contributed by atoms with Gasteiger partial charge in [0.25, 0.3) is 0 Å². The van der Waals surface area contributed by atoms with Crippen molar-refractivity contribution < 1.29 is 19.1 Å². The number of anilines is 1. The molecule has 3 aliphatic rings. The molecule has 4 atom stereocenters. The van der Waals surface area contributed by atoms with E-state index >= 15 is 0 Å². The van der Waals surface area contributed by atoms with Crippen molar-refractivity contribution in [2.75, 3.05) is 18.1 Å². The lowest BCUT2D eigenvalue weighted by Crippen LogP contribution is -2.40. The molecule has 0 aromatic heterocycles. The van der Waals surface area contributed by atoms with Gasteiger partial charge in [-0.1, -0.05) is 44.2 Å². The molecule has 132 valence electrons. The molecule has 3 heterocycles. The zero-order valence-corrected chi connectivity index (χ0v) is 14.6. The predicted octanol–water partition coefficient (Wildman–Crippen LogP) is 2.49. The van der Waals surface area contributed by atoms with Gasteiger partial charge in [-0.3, -0.25) is 9.59 Å². The molecule has 0 saturated carbocycles. The third kappa shape index (κ3) is 2.33. The smallest absolute Gasteiger partial charge is 0.312 e. The lowest BCUT2D eigenvalue weighted by molar-refractivity contribution is -0.152. The summed E-state index contributed by atoms with van der Waals surface area (Å²) in [5.74, 6) is -1.38. The number of aryl methyl sites for hydroxylation is 1. The maximum absolute atomic E-state index is 13.2. The molecule has 0 N–H and O–H groups in total. The topological polar surface area (TPSA) is 55.8 Å². The van der Waals surface area contributed by atoms with Gasteiger partial charge < -0.3 is 14.4 Å². The summed E-state index contributed by atoms with van der Waals surface area (Å²) in [7, 11) is 0. The Morgan fingerprint density at radius 3 is 2.92 bits per heavy atom. The van der Waals surface area contributed by atoms with E-state index in [1.165, 1.54) is 0 Å². The lowest BCUT2D eigenvalue weighted by atomic mass is 9.77. The number of para-hydroxylation sites is 1. The zero-order chi connectivity index (χ0) is 17.6. The average molecular weight is 341 g/mol. The highest BCUT2D eigenvalue weighted by atomic mass is 16.6. The second-order valence-electron chi connectivity index (χ2n) is 6.97. The Kier molecular flexibility index (Phi) is 3.91. The Morgan fingerprint density at radius 1 is 1.36 bits per heavy atom. The summed E-state index contributed by atoms with van der Waals surface area (Å²) in [6, 6.07) is 7.92. The Bertz CT molecular complexity index is 743. The van der Waals surface area contributed by atoms with Gasteiger partial charge in [-0.2, -0.15) is 0 Å². The van der Waals surface area contributed by atoms with E-state index in [9.17, 15) is 9.59 Å². The van der Waals surface area contributed by atoms with Crippen LogP contribution in [0.4, 0.5) is 5.69 Å². The van der Waals surface area contributed by atoms with Crippen molar-refractivity contribution in [1.82, 2.24) is 0 Å². The molecule has 0 unspecified atom stereocenters. The van der Waals surface area contributed by atoms with Crippen LogP contribution in [0, 0.1) is 11.8 Å². The Morgan fingerprint density at radius 2 is 2.16 bits per heavy atom. The maximum atomic E-state index is 13.2. The number of carbonyl (C=O) groups excluding carboxylic acids is 2. The van der Waals surface area contributed by atoms with Crippen LogP contribution in [0.1, 0.15) is 25.8 Å². The number of benzene rings is 1. The summed E-state index contributed by atoms with van der Waals surface area (Å²) in [5.41, 5.74) is 1.34. The van der Waals surface area contributed by atoms with E-state index in [0.29, 0.717) is 13.2 Å². The van der Waals surface area contributed by atoms with E-state index in [2.05, 4.69) is 6.92 Å². The van der Waals surface area contributed by atoms with Crippen molar-refractivity contribution in [3.8, 4) is 0 Å². The van der Waals surface area contributed by atoms with E-state index in [1.54, 1.807) is 4.90 Å². The highest BCUT2D eigenvalue weighted by Crippen LogP contribution is 2.53. The van der Waals surface area contributed by atoms with E-state index in [4.69, 9.17) is 9.47 Å². The third-order valence-corrected chi connectivity index (χ3v) is 5.48. The highest BCUT2D eigenvalue weighted by molar-refractivity contribution is 6.03. The largest absolute Gasteiger partial charge is 0.465 e. The van der Waals surface area contributed by atoms with Gasteiger partial charge in [-0.15, -0.1) is 0 Å². The first-order valence-corrected chi connectivity index (χ1v) is 9.04. The summed E-state index contributed by atoms with van der Waals surface area (Å²) in [5, 5.41) is 0. The summed E-state index contributed by atoms with van der Waals surface area (Å²) >= 11 is 0. The fourth-order valence-electron chi connectivity index (χ4n) is 4.34. The summed E-state index contributed by atoms with van der Waals surface area (Å²) in [6.45, 7) is 4.86. The van der Waals surface area contributed by atoms with Crippen LogP contribution in [0.3, 0.4) is 0 Å². The van der Waals surface area contributed by atoms with Crippen molar-refractivity contribution in [3.63, 3.8) is 0 Å². The number of carbonyl (C=O) groups is 2. The van der Waals surface area contributed by atoms with Gasteiger partial charge in [0.05, 0.1) is 25.2 Å². The molecule has 2 fully saturated rings. The molecule has 5 heteroatoms. The fourth-order valence-corrected chi connectivity index (χ4v) is 4.34. The third-order valence-electron chi connectivity index (χ3n) is 5.48. The van der Waals surface area contributed by atoms with Gasteiger partial charge in [0, 0.05) is 5.69 Å². The second-order valence-corrected chi connectivity index (χ2v) is 6.97. The number of hydrogen-bond acceptors (Lipinski definition) is 4. The van der Waals surface area contributed by atoms with Crippen molar-refractivity contribution in [2.24, 2.45) is 11.8 Å². The molecule has 1 amide bonds. The number of esters is 1. The molecule has 1 aromatic rings. The van der Waals surface area contributed by atoms with Gasteiger partial charge in [0.2, 0.25) is 5.91 Å². The van der Waals surface area contributed by atoms with Gasteiger partial charge in [-0.25, -0.2) is 0 Å². The standard InChI is InChI=1S/C20H23NO4/c1-3-11-24-19(23)16-15-9-10-20(25-15)12-21(18(22)17(16)20)14-8-6-5-7-13(14)4-2/h5-10,15-17H,3-4,11-12H2,1-2H3/t15-,16+,17+,20+/m1/s1. The van der Waals surface area contributed by atoms with Crippen molar-refractivity contribution in [1.29, 1.82) is 0 Å². The van der Waals surface area contributed by atoms with Gasteiger partial charge in [0.15, 0.2) is 0 Å². The summed E-state index contributed by atoms with van der Waals surface area (Å²) in [4.78, 5) is 27.6. The van der Waals surface area contributed by atoms with Gasteiger partial charge in [0.1, 0.15) is 11.5 Å². The molecule has 2 saturated heterocycles. The number of ether oxygens (including phenoxy) is 2. The number of nitrogens with zero attached hydrogens (tertiary/aromatic N) is 1. The Balaban J connectivity index is 1.67. The Labute approximate surface area is 147 Å². The molecule has 0 aliphatic carbocycles. The highest BCUT2D eigenvalue weighted by Gasteiger charge is 2.67. The quantitative estimate of drug-likeness (QED) is 0.610. The Hall–Kier alpha value is -2.14. The molecular formula is C20H23NO4. The van der Waals surface area contributed by atoms with Crippen LogP contribution in [0.15, 0.2) is 36.4 Å². The van der Waals surface area contributed by atoms with E-state index in [-0.39, 0.29) is 18.0 Å². The van der Waals surface area contributed by atoms with E-state index < -0.39 is 17.4 Å². The normalized spacial score (nSPS) is 32.3. The lowest BCUT2D eigenvalue weighted by Gasteiger charge is -2.23. The molecule has 3 aliphatic heterocycles. The number of rotatable bonds is 5. The first kappa shape index (κ1) is 16.3. The fraction of sp³-hybridized carbons (Fsp3) is 0.500. The first-order valence-electron chi connectivity index (χ1n) is 9.04. The van der Waals surface area contributed by atoms with Crippen LogP contribution in [0.25, 0.3) is 0 Å². The van der Waals surface area contributed by atoms with Gasteiger partial charge >= 0.3 is 5.97 Å². The van der Waals surface area contributed by atoms with E-state index in [1.807, 2.05) is 43.3 Å². The minimum Gasteiger partial charge on any atom is -0.465 e. The summed E-state index contributed by atoms with van der Waals surface area (Å²) < 4.78 is 11.5. The van der Waals surface area contributed by atoms with Crippen LogP contribution >= 0.6 is 0 Å². The van der Waals surface area contributed by atoms with Crippen molar-refractivity contribution in [3.05, 3.63) is 42.0 Å². The van der Waals surface area contributed by atoms with Crippen LogP contribution in [-0.4, -0.2) is 36.7 Å². The number of amides is 1. The summed E-state index contributed by atoms with van der Waals surface area (Å²) in [6.07, 6.45) is 5.15. The average Bonchev–Trinajstić information content (AvgIpc) is 3.28. The second kappa shape index (κ2) is 5.99. The molecule has 4 rings (SSSR count). The SMILES string of the molecule is CCCOC(=O)[C@@H]1[C@H]2C(=O)N(c3ccccc3CC)C[C@@]23C=C[C@H]1O3. The molecule has 1 spiro atoms. The van der Waals surface area contributed by atoms with Crippen LogP contribution < -0.4 is 4.90 Å². The van der Waals surface area contributed by atoms with Crippen LogP contribution in [0.5, 0.6) is 0 Å². The van der Waals surface area contributed by atoms with Crippen molar-refractivity contribution >= 4 is 17.6 Å². The zero-order valence-electron chi connectivity index (χ0n) is 14.6. The maximum Gasteiger partial charge on any atom is 0.312 e. The number of hydrogen-bond donors (Lipinski definition) is 0. The number of fused-ring (bicyclic) bond motifs is 1. The van der Waals surface area contributed by atoms with Crippen LogP contribution in [0.2, 0.25) is 0 Å². The minimum absolute atomic E-state index is 0.0359. The van der Waals surface area contributed by atoms with Crippen LogP contribution in [-0.2, 0) is 25.5 Å². The van der Waals surface area contributed by atoms with Crippen molar-refractivity contribution in [2.45, 2.75) is 38.4 Å². The molecule has 0 radical (unpaired) electrons.